The fraction of sp³-hybridized carbons (Fsp3) is 0.381. The van der Waals surface area contributed by atoms with Crippen molar-refractivity contribution in [1.82, 2.24) is 15.0 Å². The number of aromatic nitrogens is 3. The maximum absolute atomic E-state index is 10.7. The van der Waals surface area contributed by atoms with Gasteiger partial charge in [0.15, 0.2) is 0 Å². The van der Waals surface area contributed by atoms with Crippen LogP contribution < -0.4 is 0 Å². The number of aryl methyl sites for hydroxylation is 2. The van der Waals surface area contributed by atoms with Gasteiger partial charge in [-0.05, 0) is 61.6 Å². The first-order valence-corrected chi connectivity index (χ1v) is 10.5. The van der Waals surface area contributed by atoms with Crippen LogP contribution in [0.25, 0.3) is 16.7 Å². The van der Waals surface area contributed by atoms with Crippen LogP contribution in [0.5, 0.6) is 5.75 Å². The van der Waals surface area contributed by atoms with E-state index in [1.807, 2.05) is 37.3 Å². The molecule has 1 aromatic heterocycles. The van der Waals surface area contributed by atoms with E-state index < -0.39 is 0 Å². The number of nitrogens with zero attached hydrogens (tertiary/aromatic N) is 3. The molecule has 0 bridgehead atoms. The number of carbonyl (C=O) groups excluding carboxylic acids is 1. The van der Waals surface area contributed by atoms with Crippen LogP contribution in [0, 0.1) is 6.92 Å². The summed E-state index contributed by atoms with van der Waals surface area (Å²) < 4.78 is 4.71. The molecule has 0 atom stereocenters. The highest BCUT2D eigenvalue weighted by Crippen LogP contribution is 2.30. The normalized spacial score (nSPS) is 11.1. The van der Waals surface area contributed by atoms with Crippen LogP contribution in [0.1, 0.15) is 37.3 Å². The minimum Gasteiger partial charge on any atom is -0.505 e. The smallest absolute Gasteiger partial charge is 0.293 e. The molecule has 2 aromatic carbocycles. The van der Waals surface area contributed by atoms with Crippen LogP contribution in [0.3, 0.4) is 0 Å². The molecule has 3 aromatic rings. The standard InChI is InChI=1S/C21H25N3O3S/c1-3-4-6-16-11-15(2)12-20(21(16)26)24-22-18-8-7-17(13-19(18)23-24)28-10-5-9-27-14-25/h7-8,11-14,26H,3-6,9-10H2,1-2H3. The summed E-state index contributed by atoms with van der Waals surface area (Å²) in [4.78, 5) is 12.8. The Bertz CT molecular complexity index is 955. The SMILES string of the molecule is CCCCc1cc(C)cc(-n2nc3ccc(SCCCOC=O)cc3n2)c1O. The average Bonchev–Trinajstić information content (AvgIpc) is 3.11. The van der Waals surface area contributed by atoms with Crippen LogP contribution in [0.2, 0.25) is 0 Å². The Hall–Kier alpha value is -2.54. The molecule has 0 spiro atoms. The van der Waals surface area contributed by atoms with Gasteiger partial charge in [0.05, 0.1) is 6.61 Å². The molecule has 0 aliphatic carbocycles. The van der Waals surface area contributed by atoms with Gasteiger partial charge in [0.1, 0.15) is 22.5 Å². The number of phenolic OH excluding ortho intramolecular Hbond substituents is 1. The predicted molar refractivity (Wildman–Crippen MR) is 111 cm³/mol. The lowest BCUT2D eigenvalue weighted by Crippen LogP contribution is -2.02. The van der Waals surface area contributed by atoms with Crippen molar-refractivity contribution in [2.75, 3.05) is 12.4 Å². The van der Waals surface area contributed by atoms with Crippen molar-refractivity contribution in [3.8, 4) is 11.4 Å². The van der Waals surface area contributed by atoms with E-state index in [1.165, 1.54) is 4.80 Å². The Kier molecular flexibility index (Phi) is 6.92. The van der Waals surface area contributed by atoms with Gasteiger partial charge < -0.3 is 9.84 Å². The third kappa shape index (κ3) is 4.84. The van der Waals surface area contributed by atoms with Crippen molar-refractivity contribution in [3.63, 3.8) is 0 Å². The molecule has 0 fully saturated rings. The molecule has 1 heterocycles. The number of thioether (sulfide) groups is 1. The summed E-state index contributed by atoms with van der Waals surface area (Å²) in [5.74, 6) is 1.11. The Morgan fingerprint density at radius 3 is 2.79 bits per heavy atom. The summed E-state index contributed by atoms with van der Waals surface area (Å²) >= 11 is 1.69. The molecule has 1 N–H and O–H groups in total. The van der Waals surface area contributed by atoms with E-state index in [-0.39, 0.29) is 5.75 Å². The van der Waals surface area contributed by atoms with E-state index >= 15 is 0 Å². The highest BCUT2D eigenvalue weighted by atomic mass is 32.2. The van der Waals surface area contributed by atoms with Crippen molar-refractivity contribution in [3.05, 3.63) is 41.5 Å². The van der Waals surface area contributed by atoms with Gasteiger partial charge in [0.25, 0.3) is 6.47 Å². The van der Waals surface area contributed by atoms with Crippen molar-refractivity contribution < 1.29 is 14.6 Å². The highest BCUT2D eigenvalue weighted by molar-refractivity contribution is 7.99. The molecular weight excluding hydrogens is 374 g/mol. The lowest BCUT2D eigenvalue weighted by atomic mass is 10.0. The van der Waals surface area contributed by atoms with Crippen LogP contribution in [0.15, 0.2) is 35.2 Å². The number of fused-ring (bicyclic) bond motifs is 1. The Morgan fingerprint density at radius 1 is 1.18 bits per heavy atom. The van der Waals surface area contributed by atoms with E-state index in [0.29, 0.717) is 18.8 Å². The maximum Gasteiger partial charge on any atom is 0.293 e. The Balaban J connectivity index is 1.82. The molecule has 148 valence electrons. The summed E-state index contributed by atoms with van der Waals surface area (Å²) in [7, 11) is 0. The van der Waals surface area contributed by atoms with Crippen LogP contribution >= 0.6 is 11.8 Å². The minimum absolute atomic E-state index is 0.254. The molecule has 0 saturated heterocycles. The zero-order chi connectivity index (χ0) is 19.9. The summed E-state index contributed by atoms with van der Waals surface area (Å²) in [6.45, 7) is 5.07. The van der Waals surface area contributed by atoms with E-state index in [4.69, 9.17) is 4.74 Å². The zero-order valence-corrected chi connectivity index (χ0v) is 17.0. The summed E-state index contributed by atoms with van der Waals surface area (Å²) in [6.07, 6.45) is 3.75. The van der Waals surface area contributed by atoms with Gasteiger partial charge >= 0.3 is 0 Å². The summed E-state index contributed by atoms with van der Waals surface area (Å²) in [5.41, 5.74) is 4.19. The first-order valence-electron chi connectivity index (χ1n) is 9.50. The molecule has 0 aliphatic rings. The number of rotatable bonds is 10. The lowest BCUT2D eigenvalue weighted by molar-refractivity contribution is -0.128. The Morgan fingerprint density at radius 2 is 2.00 bits per heavy atom. The molecule has 0 unspecified atom stereocenters. The fourth-order valence-electron chi connectivity index (χ4n) is 3.02. The number of ether oxygens (including phenoxy) is 1. The Labute approximate surface area is 168 Å². The molecule has 0 radical (unpaired) electrons. The van der Waals surface area contributed by atoms with Gasteiger partial charge in [-0.15, -0.1) is 26.8 Å². The second-order valence-corrected chi connectivity index (χ2v) is 7.87. The molecule has 0 saturated carbocycles. The number of phenols is 1. The summed E-state index contributed by atoms with van der Waals surface area (Å²) in [6, 6.07) is 9.88. The monoisotopic (exact) mass is 399 g/mol. The van der Waals surface area contributed by atoms with Gasteiger partial charge in [-0.3, -0.25) is 4.79 Å². The van der Waals surface area contributed by atoms with Crippen LogP contribution in [-0.2, 0) is 16.0 Å². The third-order valence-corrected chi connectivity index (χ3v) is 5.50. The topological polar surface area (TPSA) is 77.2 Å². The van der Waals surface area contributed by atoms with Crippen LogP contribution in [-0.4, -0.2) is 38.9 Å². The minimum atomic E-state index is 0.254. The quantitative estimate of drug-likeness (QED) is 0.309. The number of hydrogen-bond donors (Lipinski definition) is 1. The van der Waals surface area contributed by atoms with Gasteiger partial charge in [-0.2, -0.15) is 0 Å². The van der Waals surface area contributed by atoms with Gasteiger partial charge in [0, 0.05) is 10.6 Å². The fourth-order valence-corrected chi connectivity index (χ4v) is 3.87. The average molecular weight is 400 g/mol. The van der Waals surface area contributed by atoms with Crippen LogP contribution in [0.4, 0.5) is 0 Å². The van der Waals surface area contributed by atoms with E-state index in [9.17, 15) is 9.90 Å². The van der Waals surface area contributed by atoms with E-state index in [2.05, 4.69) is 17.1 Å². The van der Waals surface area contributed by atoms with E-state index in [0.717, 1.165) is 58.5 Å². The van der Waals surface area contributed by atoms with Gasteiger partial charge in [0.2, 0.25) is 0 Å². The second kappa shape index (κ2) is 9.59. The number of unbranched alkanes of at least 4 members (excludes halogenated alkanes) is 1. The maximum atomic E-state index is 10.7. The first kappa shape index (κ1) is 20.2. The molecule has 28 heavy (non-hydrogen) atoms. The van der Waals surface area contributed by atoms with Crippen molar-refractivity contribution in [2.45, 2.75) is 44.4 Å². The number of aromatic hydroxyl groups is 1. The van der Waals surface area contributed by atoms with Gasteiger partial charge in [-0.1, -0.05) is 19.4 Å². The second-order valence-electron chi connectivity index (χ2n) is 6.70. The van der Waals surface area contributed by atoms with Crippen molar-refractivity contribution in [1.29, 1.82) is 0 Å². The predicted octanol–water partition coefficient (Wildman–Crippen LogP) is 4.43. The highest BCUT2D eigenvalue weighted by Gasteiger charge is 2.14. The largest absolute Gasteiger partial charge is 0.505 e. The first-order chi connectivity index (χ1) is 13.6. The molecule has 0 aliphatic heterocycles. The molecule has 7 heteroatoms. The zero-order valence-electron chi connectivity index (χ0n) is 16.2. The molecular formula is C21H25N3O3S. The lowest BCUT2D eigenvalue weighted by Gasteiger charge is -2.10. The third-order valence-electron chi connectivity index (χ3n) is 4.42. The van der Waals surface area contributed by atoms with E-state index in [1.54, 1.807) is 11.8 Å². The summed E-state index contributed by atoms with van der Waals surface area (Å²) in [5, 5.41) is 19.8. The molecule has 6 nitrogen and oxygen atoms in total. The number of benzene rings is 2. The van der Waals surface area contributed by atoms with Crippen molar-refractivity contribution in [2.24, 2.45) is 0 Å². The molecule has 0 amide bonds. The van der Waals surface area contributed by atoms with Gasteiger partial charge in [-0.25, -0.2) is 0 Å². The van der Waals surface area contributed by atoms with Crippen molar-refractivity contribution >= 4 is 29.3 Å². The molecule has 3 rings (SSSR count). The number of hydrogen-bond acceptors (Lipinski definition) is 6. The number of carbonyl (C=O) groups is 1.